The average Bonchev–Trinajstić information content (AvgIpc) is 2.13. The molecule has 0 aliphatic heterocycles. The van der Waals surface area contributed by atoms with E-state index in [9.17, 15) is 4.39 Å². The van der Waals surface area contributed by atoms with Crippen LogP contribution < -0.4 is 0 Å². The van der Waals surface area contributed by atoms with Crippen LogP contribution in [0.5, 0.6) is 0 Å². The number of hydrogen-bond acceptors (Lipinski definition) is 2. The van der Waals surface area contributed by atoms with Gasteiger partial charge in [-0.25, -0.2) is 9.37 Å². The van der Waals surface area contributed by atoms with Gasteiger partial charge in [-0.1, -0.05) is 5.92 Å². The Morgan fingerprint density at radius 1 is 1.46 bits per heavy atom. The zero-order valence-corrected chi connectivity index (χ0v) is 7.56. The van der Waals surface area contributed by atoms with E-state index in [0.29, 0.717) is 11.3 Å². The molecule has 0 unspecified atom stereocenters. The van der Waals surface area contributed by atoms with Crippen molar-refractivity contribution in [1.82, 2.24) is 4.98 Å². The van der Waals surface area contributed by atoms with Gasteiger partial charge in [-0.15, -0.1) is 0 Å². The highest BCUT2D eigenvalue weighted by atomic mass is 19.1. The first kappa shape index (κ1) is 9.69. The molecule has 0 amide bonds. The lowest BCUT2D eigenvalue weighted by Crippen LogP contribution is -1.95. The average molecular weight is 179 g/mol. The second-order valence-electron chi connectivity index (χ2n) is 2.66. The molecule has 68 valence electrons. The molecule has 0 atom stereocenters. The van der Waals surface area contributed by atoms with Gasteiger partial charge < -0.3 is 5.11 Å². The molecule has 1 aromatic rings. The summed E-state index contributed by atoms with van der Waals surface area (Å²) in [6, 6.07) is 0. The second-order valence-corrected chi connectivity index (χ2v) is 2.66. The number of halogens is 1. The van der Waals surface area contributed by atoms with Crippen LogP contribution in [0.25, 0.3) is 0 Å². The molecule has 0 fully saturated rings. The predicted molar refractivity (Wildman–Crippen MR) is 47.6 cm³/mol. The first-order valence-corrected chi connectivity index (χ1v) is 3.88. The molecule has 13 heavy (non-hydrogen) atoms. The van der Waals surface area contributed by atoms with Crippen molar-refractivity contribution in [2.24, 2.45) is 0 Å². The highest BCUT2D eigenvalue weighted by molar-refractivity contribution is 5.39. The zero-order valence-electron chi connectivity index (χ0n) is 7.56. The van der Waals surface area contributed by atoms with Gasteiger partial charge in [0.05, 0.1) is 6.20 Å². The molecule has 0 radical (unpaired) electrons. The maximum Gasteiger partial charge on any atom is 0.144 e. The maximum absolute atomic E-state index is 12.9. The molecule has 0 saturated heterocycles. The molecule has 0 spiro atoms. The minimum atomic E-state index is -0.327. The van der Waals surface area contributed by atoms with E-state index in [2.05, 4.69) is 16.8 Å². The van der Waals surface area contributed by atoms with Crippen LogP contribution in [0.3, 0.4) is 0 Å². The van der Waals surface area contributed by atoms with Gasteiger partial charge in [-0.2, -0.15) is 0 Å². The molecule has 0 aliphatic carbocycles. The Balaban J connectivity index is 3.18. The third-order valence-electron chi connectivity index (χ3n) is 1.87. The van der Waals surface area contributed by atoms with Crippen LogP contribution in [0, 0.1) is 31.5 Å². The van der Waals surface area contributed by atoms with Crippen LogP contribution in [0.1, 0.15) is 16.8 Å². The van der Waals surface area contributed by atoms with Gasteiger partial charge in [-0.3, -0.25) is 0 Å². The molecule has 0 aliphatic rings. The molecular formula is C10H10FNO. The van der Waals surface area contributed by atoms with Gasteiger partial charge in [0.1, 0.15) is 18.1 Å². The minimum Gasteiger partial charge on any atom is -0.384 e. The van der Waals surface area contributed by atoms with Crippen molar-refractivity contribution in [1.29, 1.82) is 0 Å². The molecule has 3 heteroatoms. The summed E-state index contributed by atoms with van der Waals surface area (Å²) < 4.78 is 12.9. The van der Waals surface area contributed by atoms with E-state index in [1.807, 2.05) is 0 Å². The summed E-state index contributed by atoms with van der Waals surface area (Å²) in [5.74, 6) is 4.80. The van der Waals surface area contributed by atoms with Crippen LogP contribution in [-0.2, 0) is 0 Å². The molecule has 0 aromatic carbocycles. The number of aliphatic hydroxyl groups excluding tert-OH is 1. The van der Waals surface area contributed by atoms with Crippen LogP contribution >= 0.6 is 0 Å². The number of rotatable bonds is 0. The number of pyridine rings is 1. The SMILES string of the molecule is Cc1c(F)cnc(C#CCO)c1C. The van der Waals surface area contributed by atoms with Gasteiger partial charge in [0.15, 0.2) is 0 Å². The van der Waals surface area contributed by atoms with Crippen LogP contribution in [0.2, 0.25) is 0 Å². The van der Waals surface area contributed by atoms with E-state index >= 15 is 0 Å². The van der Waals surface area contributed by atoms with Crippen molar-refractivity contribution in [3.8, 4) is 11.8 Å². The third-order valence-corrected chi connectivity index (χ3v) is 1.87. The molecule has 0 bridgehead atoms. The molecule has 1 N–H and O–H groups in total. The lowest BCUT2D eigenvalue weighted by Gasteiger charge is -2.02. The number of aromatic nitrogens is 1. The van der Waals surface area contributed by atoms with Crippen LogP contribution in [0.15, 0.2) is 6.20 Å². The molecule has 1 aromatic heterocycles. The minimum absolute atomic E-state index is 0.211. The van der Waals surface area contributed by atoms with Gasteiger partial charge in [0, 0.05) is 0 Å². The zero-order chi connectivity index (χ0) is 9.84. The van der Waals surface area contributed by atoms with Crippen molar-refractivity contribution >= 4 is 0 Å². The summed E-state index contributed by atoms with van der Waals surface area (Å²) in [6.45, 7) is 3.22. The summed E-state index contributed by atoms with van der Waals surface area (Å²) in [6.07, 6.45) is 1.14. The summed E-state index contributed by atoms with van der Waals surface area (Å²) >= 11 is 0. The molecule has 1 heterocycles. The molecule has 1 rings (SSSR count). The Morgan fingerprint density at radius 2 is 2.15 bits per heavy atom. The third kappa shape index (κ3) is 2.04. The van der Waals surface area contributed by atoms with E-state index in [1.54, 1.807) is 13.8 Å². The maximum atomic E-state index is 12.9. The second kappa shape index (κ2) is 4.01. The molecule has 2 nitrogen and oxygen atoms in total. The summed E-state index contributed by atoms with van der Waals surface area (Å²) in [5, 5.41) is 8.47. The fourth-order valence-corrected chi connectivity index (χ4v) is 0.921. The smallest absolute Gasteiger partial charge is 0.144 e. The lowest BCUT2D eigenvalue weighted by atomic mass is 10.1. The van der Waals surface area contributed by atoms with E-state index in [-0.39, 0.29) is 12.4 Å². The van der Waals surface area contributed by atoms with Crippen molar-refractivity contribution in [2.75, 3.05) is 6.61 Å². The first-order valence-electron chi connectivity index (χ1n) is 3.88. The largest absolute Gasteiger partial charge is 0.384 e. The van der Waals surface area contributed by atoms with E-state index in [4.69, 9.17) is 5.11 Å². The normalized spacial score (nSPS) is 9.23. The Hall–Kier alpha value is -1.40. The summed E-state index contributed by atoms with van der Waals surface area (Å²) in [5.41, 5.74) is 1.80. The van der Waals surface area contributed by atoms with Crippen LogP contribution in [-0.4, -0.2) is 16.7 Å². The van der Waals surface area contributed by atoms with Crippen molar-refractivity contribution in [2.45, 2.75) is 13.8 Å². The van der Waals surface area contributed by atoms with E-state index < -0.39 is 0 Å². The molecule has 0 saturated carbocycles. The fraction of sp³-hybridized carbons (Fsp3) is 0.300. The van der Waals surface area contributed by atoms with Gasteiger partial charge in [-0.05, 0) is 30.9 Å². The highest BCUT2D eigenvalue weighted by Crippen LogP contribution is 2.12. The fourth-order valence-electron chi connectivity index (χ4n) is 0.921. The topological polar surface area (TPSA) is 33.1 Å². The summed E-state index contributed by atoms with van der Waals surface area (Å²) in [7, 11) is 0. The van der Waals surface area contributed by atoms with E-state index in [0.717, 1.165) is 11.8 Å². The summed E-state index contributed by atoms with van der Waals surface area (Å²) in [4.78, 5) is 3.82. The quantitative estimate of drug-likeness (QED) is 0.607. The standard InChI is InChI=1S/C10H10FNO/c1-7-8(2)10(4-3-5-13)12-6-9(7)11/h6,13H,5H2,1-2H3. The highest BCUT2D eigenvalue weighted by Gasteiger charge is 2.04. The van der Waals surface area contributed by atoms with Gasteiger partial charge in [0.2, 0.25) is 0 Å². The Kier molecular flexibility index (Phi) is 2.99. The predicted octanol–water partition coefficient (Wildman–Crippen LogP) is 1.18. The number of hydrogen-bond donors (Lipinski definition) is 1. The van der Waals surface area contributed by atoms with E-state index in [1.165, 1.54) is 0 Å². The van der Waals surface area contributed by atoms with Crippen LogP contribution in [0.4, 0.5) is 4.39 Å². The Labute approximate surface area is 76.4 Å². The van der Waals surface area contributed by atoms with Crippen molar-refractivity contribution < 1.29 is 9.50 Å². The van der Waals surface area contributed by atoms with Crippen molar-refractivity contribution in [3.05, 3.63) is 28.8 Å². The van der Waals surface area contributed by atoms with Gasteiger partial charge in [0.25, 0.3) is 0 Å². The first-order chi connectivity index (χ1) is 6.16. The number of nitrogens with zero attached hydrogens (tertiary/aromatic N) is 1. The monoisotopic (exact) mass is 179 g/mol. The van der Waals surface area contributed by atoms with Gasteiger partial charge >= 0.3 is 0 Å². The lowest BCUT2D eigenvalue weighted by molar-refractivity contribution is 0.350. The Morgan fingerprint density at radius 3 is 2.77 bits per heavy atom. The van der Waals surface area contributed by atoms with Crippen molar-refractivity contribution in [3.63, 3.8) is 0 Å². The number of aliphatic hydroxyl groups is 1. The molecular weight excluding hydrogens is 169 g/mol. The Bertz CT molecular complexity index is 376.